The minimum absolute atomic E-state index is 0.0261. The molecule has 16 atom stereocenters. The van der Waals surface area contributed by atoms with Crippen molar-refractivity contribution < 1.29 is 128 Å². The first-order valence-electron chi connectivity index (χ1n) is 24.3. The highest BCUT2D eigenvalue weighted by atomic mass is 16.8. The number of esters is 2. The summed E-state index contributed by atoms with van der Waals surface area (Å²) in [5.74, 6) is -3.05. The number of hydrogen-bond acceptors (Lipinski definition) is 25. The van der Waals surface area contributed by atoms with Crippen molar-refractivity contribution in [3.05, 3.63) is 131 Å². The van der Waals surface area contributed by atoms with Crippen molar-refractivity contribution in [2.75, 3.05) is 34.0 Å². The molecule has 3 aromatic rings. The summed E-state index contributed by atoms with van der Waals surface area (Å²) in [4.78, 5) is 25.9. The van der Waals surface area contributed by atoms with Crippen molar-refractivity contribution in [2.24, 2.45) is 0 Å². The molecular weight excluding hydrogens is 1050 g/mol. The van der Waals surface area contributed by atoms with E-state index in [4.69, 9.17) is 52.1 Å². The second kappa shape index (κ2) is 25.2. The molecule has 4 heterocycles. The zero-order valence-corrected chi connectivity index (χ0v) is 41.8. The highest BCUT2D eigenvalue weighted by Gasteiger charge is 2.53. The van der Waals surface area contributed by atoms with Gasteiger partial charge in [0.2, 0.25) is 24.4 Å². The Hall–Kier alpha value is -7.28. The second-order valence-electron chi connectivity index (χ2n) is 18.4. The van der Waals surface area contributed by atoms with Gasteiger partial charge in [-0.1, -0.05) is 12.1 Å². The summed E-state index contributed by atoms with van der Waals surface area (Å²) in [5, 5.41) is 139. The first kappa shape index (κ1) is 57.9. The zero-order chi connectivity index (χ0) is 56.8. The van der Waals surface area contributed by atoms with E-state index >= 15 is 0 Å². The quantitative estimate of drug-likeness (QED) is 0.0398. The van der Waals surface area contributed by atoms with Crippen LogP contribution < -0.4 is 9.47 Å². The minimum atomic E-state index is -2.11. The number of carbonyl (C=O) groups is 2. The summed E-state index contributed by atoms with van der Waals surface area (Å²) in [6.07, 6.45) is -20.7. The monoisotopic (exact) mass is 1110 g/mol. The van der Waals surface area contributed by atoms with Crippen molar-refractivity contribution in [1.82, 2.24) is 0 Å². The van der Waals surface area contributed by atoms with Crippen LogP contribution in [0.25, 0.3) is 17.9 Å². The van der Waals surface area contributed by atoms with Crippen LogP contribution in [0, 0.1) is 0 Å². The highest BCUT2D eigenvalue weighted by Crippen LogP contribution is 2.40. The van der Waals surface area contributed by atoms with Gasteiger partial charge in [-0.15, -0.1) is 0 Å². The van der Waals surface area contributed by atoms with Crippen LogP contribution in [-0.2, 0) is 47.5 Å². The van der Waals surface area contributed by atoms with E-state index in [9.17, 15) is 76.0 Å². The Morgan fingerprint density at radius 2 is 1.11 bits per heavy atom. The molecule has 14 N–H and O–H groups in total. The Labute approximate surface area is 448 Å². The van der Waals surface area contributed by atoms with E-state index in [1.165, 1.54) is 99.2 Å². The number of phenols is 3. The molecular formula is C53H59O26+. The molecule has 0 saturated carbocycles. The van der Waals surface area contributed by atoms with Crippen LogP contribution in [0.15, 0.2) is 114 Å². The molecule has 3 aromatic carbocycles. The molecule has 4 aliphatic heterocycles. The van der Waals surface area contributed by atoms with Crippen LogP contribution in [-0.4, -0.2) is 215 Å². The molecule has 0 aromatic heterocycles. The summed E-state index contributed by atoms with van der Waals surface area (Å²) in [6.45, 7) is -2.30. The maximum absolute atomic E-state index is 13.1. The molecule has 1 unspecified atom stereocenters. The lowest BCUT2D eigenvalue weighted by Crippen LogP contribution is -2.64. The van der Waals surface area contributed by atoms with Crippen molar-refractivity contribution in [3.63, 3.8) is 0 Å². The number of fused-ring (bicyclic) bond motifs is 1. The van der Waals surface area contributed by atoms with Gasteiger partial charge in [-0.25, -0.2) is 9.59 Å². The number of rotatable bonds is 18. The third-order valence-corrected chi connectivity index (χ3v) is 13.1. The number of phenolic OH excluding ortho intramolecular Hbond substituents is 3. The zero-order valence-electron chi connectivity index (χ0n) is 41.8. The van der Waals surface area contributed by atoms with Gasteiger partial charge in [0.05, 0.1) is 38.0 Å². The number of aliphatic hydroxyl groups is 12. The van der Waals surface area contributed by atoms with E-state index in [2.05, 4.69) is 0 Å². The van der Waals surface area contributed by atoms with E-state index in [0.717, 1.165) is 18.2 Å². The Bertz CT molecular complexity index is 2840. The molecule has 0 spiro atoms. The Morgan fingerprint density at radius 3 is 1.67 bits per heavy atom. The Balaban J connectivity index is 1.09. The van der Waals surface area contributed by atoms with Gasteiger partial charge in [0, 0.05) is 24.3 Å². The van der Waals surface area contributed by atoms with E-state index in [0.29, 0.717) is 11.1 Å². The third-order valence-electron chi connectivity index (χ3n) is 13.1. The maximum Gasteiger partial charge on any atom is 0.330 e. The summed E-state index contributed by atoms with van der Waals surface area (Å²) in [7, 11) is 2.67. The van der Waals surface area contributed by atoms with E-state index in [1.54, 1.807) is 0 Å². The van der Waals surface area contributed by atoms with Gasteiger partial charge in [0.1, 0.15) is 97.6 Å². The number of aromatic hydroxyl groups is 3. The van der Waals surface area contributed by atoms with E-state index in [1.807, 2.05) is 0 Å². The maximum atomic E-state index is 13.1. The summed E-state index contributed by atoms with van der Waals surface area (Å²) in [5.41, 5.74) is 1.19. The van der Waals surface area contributed by atoms with Crippen molar-refractivity contribution in [1.29, 1.82) is 0 Å². The first-order chi connectivity index (χ1) is 37.8. The normalized spacial score (nSPS) is 31.8. The second-order valence-corrected chi connectivity index (χ2v) is 18.4. The van der Waals surface area contributed by atoms with E-state index < -0.39 is 136 Å². The number of benzene rings is 3. The average Bonchev–Trinajstić information content (AvgIpc) is 3.47. The van der Waals surface area contributed by atoms with Gasteiger partial charge in [-0.05, 0) is 71.8 Å². The lowest BCUT2D eigenvalue weighted by atomic mass is 9.96. The van der Waals surface area contributed by atoms with Crippen LogP contribution >= 0.6 is 0 Å². The third kappa shape index (κ3) is 13.3. The molecule has 26 nitrogen and oxygen atoms in total. The van der Waals surface area contributed by atoms with Crippen LogP contribution in [0.4, 0.5) is 0 Å². The Morgan fingerprint density at radius 1 is 0.595 bits per heavy atom. The predicted molar refractivity (Wildman–Crippen MR) is 265 cm³/mol. The topological polar surface area (TPSA) is 402 Å². The highest BCUT2D eigenvalue weighted by molar-refractivity contribution is 5.87. The molecule has 8 rings (SSSR count). The lowest BCUT2D eigenvalue weighted by molar-refractivity contribution is -0.363. The van der Waals surface area contributed by atoms with Crippen molar-refractivity contribution in [3.8, 4) is 28.7 Å². The minimum Gasteiger partial charge on any atom is -0.571 e. The SMILES string of the molecule is COc1cc(/C=C/C(=O)OC[C@H]2O[C@@H](O[C@H]3[C@H](OC4=C(c5ccc(O)cc5)[OH+]C5C=C(O)C=C(O[C@@H]6O[C@H](CO)[C@@H](O)[C@H](O)[C@H]6O)C5=C4)O[C@H](COC(=O)/C=C/c4ccc(O)c(OC)c4)[C@@H](O)[C@@H]3O)[C@H](O)[C@@H](O)[C@@H]2O)ccc1O. The Kier molecular flexibility index (Phi) is 18.5. The van der Waals surface area contributed by atoms with Crippen LogP contribution in [0.1, 0.15) is 16.7 Å². The molecule has 79 heavy (non-hydrogen) atoms. The number of ether oxygens (including phenoxy) is 11. The van der Waals surface area contributed by atoms with Gasteiger partial charge >= 0.3 is 17.7 Å². The number of hydrogen-bond donors (Lipinski definition) is 13. The van der Waals surface area contributed by atoms with Crippen LogP contribution in [0.3, 0.4) is 0 Å². The summed E-state index contributed by atoms with van der Waals surface area (Å²) < 4.78 is 61.8. The van der Waals surface area contributed by atoms with Gasteiger partial charge in [-0.2, -0.15) is 0 Å². The molecule has 426 valence electrons. The molecule has 3 fully saturated rings. The van der Waals surface area contributed by atoms with Gasteiger partial charge in [0.15, 0.2) is 35.4 Å². The van der Waals surface area contributed by atoms with Gasteiger partial charge < -0.3 is 118 Å². The number of carbonyl (C=O) groups excluding carboxylic acids is 2. The fourth-order valence-corrected chi connectivity index (χ4v) is 8.74. The largest absolute Gasteiger partial charge is 0.571 e. The number of allylic oxidation sites excluding steroid dienone is 2. The summed E-state index contributed by atoms with van der Waals surface area (Å²) in [6, 6.07) is 14.0. The van der Waals surface area contributed by atoms with E-state index in [-0.39, 0.29) is 57.2 Å². The molecule has 0 amide bonds. The van der Waals surface area contributed by atoms with Crippen LogP contribution in [0.2, 0.25) is 0 Å². The average molecular weight is 1110 g/mol. The first-order valence-corrected chi connectivity index (χ1v) is 24.3. The van der Waals surface area contributed by atoms with Gasteiger partial charge in [0.25, 0.3) is 0 Å². The predicted octanol–water partition coefficient (Wildman–Crippen LogP) is -1.35. The standard InChI is InChI=1S/C53H58O26/c1-69-33-15-23(3-11-29(33)57)5-13-39(59)71-21-37-42(62)45(65)48(68)52(77-37)79-50-46(66)43(63)38(22-72-40(60)14-6-24-4-12-30(58)34(16-24)70-2)78-53(50)75-35-19-28-31(73-49(35)25-7-9-26(55)10-8-25)17-27(56)18-32(28)74-51-47(67)44(64)41(61)36(20-54)76-51/h3-19,31,36-38,41-48,50-58,61-68H,20-22H2,1-2H3/p+1/b13-5+,14-6+/t31?,36-,37-,38-,41-,42-,43-,44+,45+,46+,47-,48-,50-,51-,52+,53-/m1/s1. The van der Waals surface area contributed by atoms with Crippen molar-refractivity contribution >= 4 is 29.8 Å². The van der Waals surface area contributed by atoms with Crippen molar-refractivity contribution in [2.45, 2.75) is 98.2 Å². The molecule has 0 radical (unpaired) electrons. The molecule has 5 aliphatic rings. The fourth-order valence-electron chi connectivity index (χ4n) is 8.74. The smallest absolute Gasteiger partial charge is 0.330 e. The molecule has 26 heteroatoms. The number of methoxy groups -OCH3 is 2. The lowest BCUT2D eigenvalue weighted by Gasteiger charge is -2.46. The van der Waals surface area contributed by atoms with Crippen LogP contribution in [0.5, 0.6) is 28.7 Å². The number of aliphatic hydroxyl groups excluding tert-OH is 10. The molecule has 3 saturated heterocycles. The fraction of sp³-hybridized carbons (Fsp3) is 0.396. The molecule has 1 aliphatic carbocycles. The summed E-state index contributed by atoms with van der Waals surface area (Å²) >= 11 is 0. The van der Waals surface area contributed by atoms with Gasteiger partial charge in [-0.3, -0.25) is 0 Å². The molecule has 0 bridgehead atoms.